The van der Waals surface area contributed by atoms with Crippen LogP contribution in [0.1, 0.15) is 17.5 Å². The Labute approximate surface area is 75.6 Å². The molecule has 1 aromatic carbocycles. The Morgan fingerprint density at radius 3 is 3.08 bits per heavy atom. The maximum Gasteiger partial charge on any atom is 0.140 e. The first-order valence-corrected chi connectivity index (χ1v) is 4.16. The van der Waals surface area contributed by atoms with Crippen molar-refractivity contribution >= 4 is 0 Å². The van der Waals surface area contributed by atoms with Gasteiger partial charge in [-0.25, -0.2) is 4.39 Å². The zero-order chi connectivity index (χ0) is 9.26. The molecule has 66 valence electrons. The van der Waals surface area contributed by atoms with E-state index in [2.05, 4.69) is 0 Å². The van der Waals surface area contributed by atoms with Crippen LogP contribution in [0, 0.1) is 17.1 Å². The second-order valence-electron chi connectivity index (χ2n) is 3.01. The van der Waals surface area contributed by atoms with E-state index >= 15 is 0 Å². The number of benzene rings is 1. The maximum atomic E-state index is 12.9. The van der Waals surface area contributed by atoms with Crippen LogP contribution in [0.15, 0.2) is 12.1 Å². The number of nitrogens with zero attached hydrogens (tertiary/aromatic N) is 1. The van der Waals surface area contributed by atoms with Gasteiger partial charge in [0.2, 0.25) is 0 Å². The SMILES string of the molecule is N#Cc1cc(F)cc2c1OCCC2. The molecule has 0 N–H and O–H groups in total. The van der Waals surface area contributed by atoms with Crippen molar-refractivity contribution in [3.05, 3.63) is 29.1 Å². The average Bonchev–Trinajstić information content (AvgIpc) is 2.16. The molecule has 13 heavy (non-hydrogen) atoms. The number of hydrogen-bond donors (Lipinski definition) is 0. The van der Waals surface area contributed by atoms with E-state index in [0.29, 0.717) is 17.9 Å². The van der Waals surface area contributed by atoms with Gasteiger partial charge < -0.3 is 4.74 Å². The first-order chi connectivity index (χ1) is 6.31. The fraction of sp³-hybridized carbons (Fsp3) is 0.300. The van der Waals surface area contributed by atoms with Crippen molar-refractivity contribution in [2.45, 2.75) is 12.8 Å². The molecule has 1 heterocycles. The van der Waals surface area contributed by atoms with Crippen molar-refractivity contribution in [3.63, 3.8) is 0 Å². The highest BCUT2D eigenvalue weighted by molar-refractivity contribution is 5.49. The predicted octanol–water partition coefficient (Wildman–Crippen LogP) is 2.02. The van der Waals surface area contributed by atoms with Crippen molar-refractivity contribution in [3.8, 4) is 11.8 Å². The molecule has 0 saturated carbocycles. The van der Waals surface area contributed by atoms with Crippen LogP contribution in [0.3, 0.4) is 0 Å². The van der Waals surface area contributed by atoms with Crippen molar-refractivity contribution in [2.75, 3.05) is 6.61 Å². The smallest absolute Gasteiger partial charge is 0.140 e. The molecule has 0 unspecified atom stereocenters. The summed E-state index contributed by atoms with van der Waals surface area (Å²) in [5.41, 5.74) is 1.11. The summed E-state index contributed by atoms with van der Waals surface area (Å²) in [4.78, 5) is 0. The van der Waals surface area contributed by atoms with Gasteiger partial charge in [0.1, 0.15) is 17.6 Å². The van der Waals surface area contributed by atoms with Crippen LogP contribution in [-0.2, 0) is 6.42 Å². The third-order valence-electron chi connectivity index (χ3n) is 2.09. The lowest BCUT2D eigenvalue weighted by Crippen LogP contribution is -2.10. The number of nitriles is 1. The number of fused-ring (bicyclic) bond motifs is 1. The van der Waals surface area contributed by atoms with Gasteiger partial charge in [-0.05, 0) is 30.5 Å². The van der Waals surface area contributed by atoms with Crippen LogP contribution in [0.2, 0.25) is 0 Å². The van der Waals surface area contributed by atoms with Crippen LogP contribution in [-0.4, -0.2) is 6.61 Å². The molecule has 3 heteroatoms. The first kappa shape index (κ1) is 8.06. The molecule has 1 aliphatic heterocycles. The lowest BCUT2D eigenvalue weighted by Gasteiger charge is -2.17. The van der Waals surface area contributed by atoms with E-state index in [4.69, 9.17) is 10.00 Å². The van der Waals surface area contributed by atoms with E-state index in [1.54, 1.807) is 0 Å². The van der Waals surface area contributed by atoms with Gasteiger partial charge in [0, 0.05) is 0 Å². The minimum absolute atomic E-state index is 0.301. The van der Waals surface area contributed by atoms with Gasteiger partial charge in [0.25, 0.3) is 0 Å². The lowest BCUT2D eigenvalue weighted by atomic mass is 10.0. The number of hydrogen-bond acceptors (Lipinski definition) is 2. The minimum Gasteiger partial charge on any atom is -0.492 e. The monoisotopic (exact) mass is 177 g/mol. The molecule has 0 aromatic heterocycles. The summed E-state index contributed by atoms with van der Waals surface area (Å²) in [5, 5.41) is 8.72. The van der Waals surface area contributed by atoms with E-state index in [9.17, 15) is 4.39 Å². The van der Waals surface area contributed by atoms with Crippen LogP contribution >= 0.6 is 0 Å². The molecule has 0 aliphatic carbocycles. The van der Waals surface area contributed by atoms with E-state index in [-0.39, 0.29) is 5.82 Å². The molecule has 0 atom stereocenters. The Morgan fingerprint density at radius 2 is 2.31 bits per heavy atom. The molecule has 0 amide bonds. The Hall–Kier alpha value is -1.56. The van der Waals surface area contributed by atoms with E-state index in [1.165, 1.54) is 12.1 Å². The lowest BCUT2D eigenvalue weighted by molar-refractivity contribution is 0.286. The average molecular weight is 177 g/mol. The fourth-order valence-electron chi connectivity index (χ4n) is 1.53. The standard InChI is InChI=1S/C10H8FNO/c11-9-4-7-2-1-3-13-10(7)8(5-9)6-12/h4-5H,1-3H2. The number of ether oxygens (including phenoxy) is 1. The highest BCUT2D eigenvalue weighted by atomic mass is 19.1. The summed E-state index contributed by atoms with van der Waals surface area (Å²) < 4.78 is 18.2. The van der Waals surface area contributed by atoms with Gasteiger partial charge in [0.05, 0.1) is 12.2 Å². The Kier molecular flexibility index (Phi) is 1.90. The van der Waals surface area contributed by atoms with Gasteiger partial charge >= 0.3 is 0 Å². The van der Waals surface area contributed by atoms with Crippen LogP contribution in [0.4, 0.5) is 4.39 Å². The molecule has 0 bridgehead atoms. The predicted molar refractivity (Wildman–Crippen MR) is 44.9 cm³/mol. The molecule has 1 aromatic rings. The Balaban J connectivity index is 2.58. The van der Waals surface area contributed by atoms with Gasteiger partial charge in [-0.15, -0.1) is 0 Å². The molecule has 1 aliphatic rings. The van der Waals surface area contributed by atoms with Crippen molar-refractivity contribution in [2.24, 2.45) is 0 Å². The largest absolute Gasteiger partial charge is 0.492 e. The minimum atomic E-state index is -0.360. The molecular formula is C10H8FNO. The molecule has 0 spiro atoms. The summed E-state index contributed by atoms with van der Waals surface area (Å²) in [6.07, 6.45) is 1.68. The van der Waals surface area contributed by atoms with Gasteiger partial charge in [-0.2, -0.15) is 5.26 Å². The molecular weight excluding hydrogens is 169 g/mol. The zero-order valence-corrected chi connectivity index (χ0v) is 7.01. The van der Waals surface area contributed by atoms with Crippen LogP contribution in [0.25, 0.3) is 0 Å². The van der Waals surface area contributed by atoms with Crippen molar-refractivity contribution in [1.29, 1.82) is 5.26 Å². The van der Waals surface area contributed by atoms with Crippen molar-refractivity contribution < 1.29 is 9.13 Å². The molecule has 0 radical (unpaired) electrons. The molecule has 0 fully saturated rings. The summed E-state index contributed by atoms with van der Waals surface area (Å²) in [5.74, 6) is 0.205. The maximum absolute atomic E-state index is 12.9. The summed E-state index contributed by atoms with van der Waals surface area (Å²) in [6, 6.07) is 4.58. The Morgan fingerprint density at radius 1 is 1.46 bits per heavy atom. The first-order valence-electron chi connectivity index (χ1n) is 4.16. The van der Waals surface area contributed by atoms with E-state index < -0.39 is 0 Å². The second kappa shape index (κ2) is 3.06. The summed E-state index contributed by atoms with van der Waals surface area (Å²) in [7, 11) is 0. The molecule has 0 saturated heterocycles. The van der Waals surface area contributed by atoms with Gasteiger partial charge in [0.15, 0.2) is 0 Å². The Bertz CT molecular complexity index is 381. The van der Waals surface area contributed by atoms with Gasteiger partial charge in [-0.3, -0.25) is 0 Å². The number of aryl methyl sites for hydroxylation is 1. The topological polar surface area (TPSA) is 33.0 Å². The van der Waals surface area contributed by atoms with Crippen LogP contribution in [0.5, 0.6) is 5.75 Å². The summed E-state index contributed by atoms with van der Waals surface area (Å²) >= 11 is 0. The normalized spacial score (nSPS) is 14.2. The van der Waals surface area contributed by atoms with Gasteiger partial charge in [-0.1, -0.05) is 0 Å². The third-order valence-corrected chi connectivity index (χ3v) is 2.09. The van der Waals surface area contributed by atoms with E-state index in [0.717, 1.165) is 18.4 Å². The highest BCUT2D eigenvalue weighted by Crippen LogP contribution is 2.29. The fourth-order valence-corrected chi connectivity index (χ4v) is 1.53. The highest BCUT2D eigenvalue weighted by Gasteiger charge is 2.15. The second-order valence-corrected chi connectivity index (χ2v) is 3.01. The zero-order valence-electron chi connectivity index (χ0n) is 7.01. The van der Waals surface area contributed by atoms with Crippen LogP contribution < -0.4 is 4.74 Å². The van der Waals surface area contributed by atoms with E-state index in [1.807, 2.05) is 6.07 Å². The van der Waals surface area contributed by atoms with Crippen molar-refractivity contribution in [1.82, 2.24) is 0 Å². The molecule has 2 nitrogen and oxygen atoms in total. The number of halogens is 1. The molecule has 2 rings (SSSR count). The summed E-state index contributed by atoms with van der Waals surface area (Å²) in [6.45, 7) is 0.618. The third kappa shape index (κ3) is 1.35. The quantitative estimate of drug-likeness (QED) is 0.607. The number of rotatable bonds is 0.